The van der Waals surface area contributed by atoms with Crippen molar-refractivity contribution in [1.82, 2.24) is 0 Å². The van der Waals surface area contributed by atoms with Crippen molar-refractivity contribution in [2.75, 3.05) is 16.3 Å². The minimum absolute atomic E-state index is 0.0810. The molecule has 2 rings (SSSR count). The number of carbonyl (C=O) groups excluding carboxylic acids is 3. The Morgan fingerprint density at radius 3 is 2.36 bits per heavy atom. The van der Waals surface area contributed by atoms with Gasteiger partial charge in [0.15, 0.2) is 11.9 Å². The van der Waals surface area contributed by atoms with Crippen LogP contribution in [0.3, 0.4) is 0 Å². The monoisotopic (exact) mass is 404 g/mol. The van der Waals surface area contributed by atoms with Crippen molar-refractivity contribution in [2.45, 2.75) is 20.0 Å². The molecule has 1 atom stereocenters. The Hall–Kier alpha value is -3.20. The molecule has 1 unspecified atom stereocenters. The fourth-order valence-corrected chi connectivity index (χ4v) is 2.89. The Bertz CT molecular complexity index is 1020. The first-order chi connectivity index (χ1) is 13.1. The third kappa shape index (κ3) is 5.92. The number of ketones is 1. The van der Waals surface area contributed by atoms with Crippen LogP contribution < -0.4 is 10.0 Å². The first-order valence-electron chi connectivity index (χ1n) is 8.26. The second-order valence-electron chi connectivity index (χ2n) is 6.09. The number of anilines is 2. The SMILES string of the molecule is CC(=O)c1ccccc1NC(=O)C(C)OC(=O)c1cccc(NS(C)(=O)=O)c1. The number of carbonyl (C=O) groups is 3. The van der Waals surface area contributed by atoms with E-state index in [0.29, 0.717) is 11.3 Å². The molecular formula is C19H20N2O6S. The summed E-state index contributed by atoms with van der Waals surface area (Å²) in [4.78, 5) is 36.2. The van der Waals surface area contributed by atoms with Crippen LogP contribution in [0.25, 0.3) is 0 Å². The lowest BCUT2D eigenvalue weighted by atomic mass is 10.1. The maximum Gasteiger partial charge on any atom is 0.338 e. The minimum Gasteiger partial charge on any atom is -0.449 e. The van der Waals surface area contributed by atoms with E-state index in [9.17, 15) is 22.8 Å². The summed E-state index contributed by atoms with van der Waals surface area (Å²) in [5.74, 6) is -1.61. The van der Waals surface area contributed by atoms with Crippen LogP contribution in [0.2, 0.25) is 0 Å². The lowest BCUT2D eigenvalue weighted by Crippen LogP contribution is -2.30. The van der Waals surface area contributed by atoms with Gasteiger partial charge in [0.2, 0.25) is 10.0 Å². The maximum atomic E-state index is 12.3. The summed E-state index contributed by atoms with van der Waals surface area (Å²) < 4.78 is 30.0. The van der Waals surface area contributed by atoms with Gasteiger partial charge in [-0.2, -0.15) is 0 Å². The molecule has 0 aliphatic carbocycles. The lowest BCUT2D eigenvalue weighted by molar-refractivity contribution is -0.123. The minimum atomic E-state index is -3.50. The second kappa shape index (κ2) is 8.66. The highest BCUT2D eigenvalue weighted by Gasteiger charge is 2.21. The smallest absolute Gasteiger partial charge is 0.338 e. The number of esters is 1. The summed E-state index contributed by atoms with van der Waals surface area (Å²) in [5, 5.41) is 2.56. The van der Waals surface area contributed by atoms with Gasteiger partial charge in [-0.15, -0.1) is 0 Å². The first-order valence-corrected chi connectivity index (χ1v) is 10.2. The largest absolute Gasteiger partial charge is 0.449 e. The number of hydrogen-bond acceptors (Lipinski definition) is 6. The highest BCUT2D eigenvalue weighted by molar-refractivity contribution is 7.92. The molecule has 148 valence electrons. The summed E-state index contributed by atoms with van der Waals surface area (Å²) in [6, 6.07) is 12.2. The van der Waals surface area contributed by atoms with Crippen LogP contribution in [-0.2, 0) is 19.6 Å². The van der Waals surface area contributed by atoms with Gasteiger partial charge in [0.25, 0.3) is 5.91 Å². The van der Waals surface area contributed by atoms with Crippen LogP contribution in [0.1, 0.15) is 34.6 Å². The van der Waals surface area contributed by atoms with Crippen molar-refractivity contribution in [3.63, 3.8) is 0 Å². The van der Waals surface area contributed by atoms with E-state index < -0.39 is 28.0 Å². The zero-order valence-corrected chi connectivity index (χ0v) is 16.4. The van der Waals surface area contributed by atoms with Gasteiger partial charge >= 0.3 is 5.97 Å². The third-order valence-corrected chi connectivity index (χ3v) is 4.23. The average Bonchev–Trinajstić information content (AvgIpc) is 2.60. The standard InChI is InChI=1S/C19H20N2O6S/c1-12(22)16-9-4-5-10-17(16)20-18(23)13(2)27-19(24)14-7-6-8-15(11-14)21-28(3,25)26/h4-11,13,21H,1-3H3,(H,20,23). The molecule has 8 nitrogen and oxygen atoms in total. The van der Waals surface area contributed by atoms with Gasteiger partial charge in [-0.1, -0.05) is 18.2 Å². The third-order valence-electron chi connectivity index (χ3n) is 3.62. The molecule has 0 saturated heterocycles. The Labute approximate surface area is 163 Å². The summed E-state index contributed by atoms with van der Waals surface area (Å²) in [7, 11) is -3.50. The molecule has 0 aliphatic rings. The van der Waals surface area contributed by atoms with Crippen LogP contribution in [0.5, 0.6) is 0 Å². The predicted molar refractivity (Wildman–Crippen MR) is 105 cm³/mol. The van der Waals surface area contributed by atoms with Gasteiger partial charge in [0.1, 0.15) is 0 Å². The highest BCUT2D eigenvalue weighted by atomic mass is 32.2. The molecule has 0 aliphatic heterocycles. The quantitative estimate of drug-likeness (QED) is 0.540. The number of hydrogen-bond donors (Lipinski definition) is 2. The van der Waals surface area contributed by atoms with Crippen molar-refractivity contribution < 1.29 is 27.5 Å². The fourth-order valence-electron chi connectivity index (χ4n) is 2.34. The van der Waals surface area contributed by atoms with Gasteiger partial charge in [-0.05, 0) is 44.2 Å². The number of para-hydroxylation sites is 1. The van der Waals surface area contributed by atoms with Crippen LogP contribution in [-0.4, -0.2) is 38.4 Å². The first kappa shape index (κ1) is 21.1. The highest BCUT2D eigenvalue weighted by Crippen LogP contribution is 2.17. The van der Waals surface area contributed by atoms with Gasteiger partial charge in [-0.25, -0.2) is 13.2 Å². The summed E-state index contributed by atoms with van der Waals surface area (Å²) in [5.41, 5.74) is 0.943. The zero-order chi connectivity index (χ0) is 20.9. The Balaban J connectivity index is 2.07. The number of sulfonamides is 1. The number of rotatable bonds is 7. The van der Waals surface area contributed by atoms with Gasteiger partial charge in [0.05, 0.1) is 17.5 Å². The Kier molecular flexibility index (Phi) is 6.53. The van der Waals surface area contributed by atoms with Gasteiger partial charge in [0, 0.05) is 11.3 Å². The Morgan fingerprint density at radius 1 is 1.04 bits per heavy atom. The number of Topliss-reactive ketones (excluding diaryl/α,β-unsaturated/α-hetero) is 1. The summed E-state index contributed by atoms with van der Waals surface area (Å²) in [6.45, 7) is 2.77. The fraction of sp³-hybridized carbons (Fsp3) is 0.211. The van der Waals surface area contributed by atoms with Crippen molar-refractivity contribution >= 4 is 39.1 Å². The van der Waals surface area contributed by atoms with E-state index in [1.807, 2.05) is 0 Å². The number of nitrogens with one attached hydrogen (secondary N) is 2. The second-order valence-corrected chi connectivity index (χ2v) is 7.84. The molecule has 0 heterocycles. The summed E-state index contributed by atoms with van der Waals surface area (Å²) >= 11 is 0. The van der Waals surface area contributed by atoms with E-state index in [1.165, 1.54) is 38.1 Å². The van der Waals surface area contributed by atoms with Gasteiger partial charge < -0.3 is 10.1 Å². The number of amides is 1. The average molecular weight is 404 g/mol. The Morgan fingerprint density at radius 2 is 1.71 bits per heavy atom. The van der Waals surface area contributed by atoms with E-state index in [0.717, 1.165) is 6.26 Å². The predicted octanol–water partition coefficient (Wildman–Crippen LogP) is 2.44. The van der Waals surface area contributed by atoms with Crippen molar-refractivity contribution in [3.8, 4) is 0 Å². The molecule has 0 bridgehead atoms. The molecule has 0 aromatic heterocycles. The molecule has 2 aromatic carbocycles. The van der Waals surface area contributed by atoms with Crippen LogP contribution in [0.4, 0.5) is 11.4 Å². The molecule has 0 saturated carbocycles. The number of ether oxygens (including phenoxy) is 1. The molecule has 28 heavy (non-hydrogen) atoms. The van der Waals surface area contributed by atoms with E-state index in [4.69, 9.17) is 4.74 Å². The number of benzene rings is 2. The molecule has 2 aromatic rings. The summed E-state index contributed by atoms with van der Waals surface area (Å²) in [6.07, 6.45) is -0.150. The van der Waals surface area contributed by atoms with Crippen molar-refractivity contribution in [3.05, 3.63) is 59.7 Å². The molecule has 0 fully saturated rings. The van der Waals surface area contributed by atoms with Gasteiger partial charge in [-0.3, -0.25) is 14.3 Å². The topological polar surface area (TPSA) is 119 Å². The molecule has 0 spiro atoms. The van der Waals surface area contributed by atoms with E-state index in [2.05, 4.69) is 10.0 Å². The zero-order valence-electron chi connectivity index (χ0n) is 15.6. The normalized spacial score (nSPS) is 12.0. The van der Waals surface area contributed by atoms with Crippen LogP contribution in [0.15, 0.2) is 48.5 Å². The van der Waals surface area contributed by atoms with Crippen LogP contribution in [0, 0.1) is 0 Å². The van der Waals surface area contributed by atoms with E-state index in [1.54, 1.807) is 24.3 Å². The molecular weight excluding hydrogens is 384 g/mol. The molecule has 1 amide bonds. The van der Waals surface area contributed by atoms with Crippen LogP contribution >= 0.6 is 0 Å². The van der Waals surface area contributed by atoms with Crippen molar-refractivity contribution in [2.24, 2.45) is 0 Å². The molecule has 0 radical (unpaired) electrons. The lowest BCUT2D eigenvalue weighted by Gasteiger charge is -2.15. The maximum absolute atomic E-state index is 12.3. The van der Waals surface area contributed by atoms with E-state index >= 15 is 0 Å². The van der Waals surface area contributed by atoms with Crippen molar-refractivity contribution in [1.29, 1.82) is 0 Å². The van der Waals surface area contributed by atoms with E-state index in [-0.39, 0.29) is 17.0 Å². The molecule has 2 N–H and O–H groups in total. The molecule has 9 heteroatoms.